The number of hydrazine groups is 1. The molecule has 3 N–H and O–H groups in total. The van der Waals surface area contributed by atoms with Crippen molar-refractivity contribution in [2.75, 3.05) is 13.1 Å². The van der Waals surface area contributed by atoms with Crippen LogP contribution < -0.4 is 16.1 Å². The topological polar surface area (TPSA) is 114 Å². The van der Waals surface area contributed by atoms with Crippen molar-refractivity contribution in [3.63, 3.8) is 0 Å². The molecule has 8 heteroatoms. The maximum atomic E-state index is 12.9. The highest BCUT2D eigenvalue weighted by molar-refractivity contribution is 5.88. The lowest BCUT2D eigenvalue weighted by Gasteiger charge is -2.35. The molecule has 0 radical (unpaired) electrons. The molecule has 2 atom stereocenters. The van der Waals surface area contributed by atoms with E-state index in [-0.39, 0.29) is 37.1 Å². The van der Waals surface area contributed by atoms with Crippen LogP contribution in [0.2, 0.25) is 0 Å². The first-order valence-corrected chi connectivity index (χ1v) is 10.7. The van der Waals surface area contributed by atoms with Gasteiger partial charge in [-0.2, -0.15) is 5.26 Å². The van der Waals surface area contributed by atoms with Gasteiger partial charge >= 0.3 is 0 Å². The Bertz CT molecular complexity index is 959. The summed E-state index contributed by atoms with van der Waals surface area (Å²) in [6, 6.07) is 18.9. The van der Waals surface area contributed by atoms with E-state index in [4.69, 9.17) is 0 Å². The Balaban J connectivity index is 1.52. The number of nitrogens with one attached hydrogen (secondary N) is 3. The lowest BCUT2D eigenvalue weighted by molar-refractivity contribution is -0.146. The quantitative estimate of drug-likeness (QED) is 0.585. The van der Waals surface area contributed by atoms with Gasteiger partial charge in [-0.05, 0) is 24.0 Å². The minimum absolute atomic E-state index is 0.0671. The fourth-order valence-corrected chi connectivity index (χ4v) is 3.59. The van der Waals surface area contributed by atoms with Crippen LogP contribution in [0.15, 0.2) is 60.7 Å². The van der Waals surface area contributed by atoms with Gasteiger partial charge in [-0.15, -0.1) is 0 Å². The molecule has 0 bridgehead atoms. The van der Waals surface area contributed by atoms with Crippen LogP contribution in [0, 0.1) is 11.3 Å². The van der Waals surface area contributed by atoms with Gasteiger partial charge < -0.3 is 10.6 Å². The van der Waals surface area contributed by atoms with Crippen molar-refractivity contribution in [3.8, 4) is 6.07 Å². The molecule has 3 rings (SSSR count). The number of nitriles is 1. The van der Waals surface area contributed by atoms with Crippen LogP contribution in [0.3, 0.4) is 0 Å². The maximum absolute atomic E-state index is 12.9. The molecule has 0 aliphatic carbocycles. The van der Waals surface area contributed by atoms with Crippen molar-refractivity contribution in [1.82, 2.24) is 21.1 Å². The summed E-state index contributed by atoms with van der Waals surface area (Å²) < 4.78 is 0. The summed E-state index contributed by atoms with van der Waals surface area (Å²) in [7, 11) is 0. The first kappa shape index (κ1) is 23.0. The molecule has 8 nitrogen and oxygen atoms in total. The Hall–Kier alpha value is -3.70. The third kappa shape index (κ3) is 6.40. The lowest BCUT2D eigenvalue weighted by atomic mass is 10.0. The molecule has 0 aromatic heterocycles. The zero-order valence-electron chi connectivity index (χ0n) is 17.8. The summed E-state index contributed by atoms with van der Waals surface area (Å²) >= 11 is 0. The van der Waals surface area contributed by atoms with Gasteiger partial charge in [0, 0.05) is 19.5 Å². The van der Waals surface area contributed by atoms with Gasteiger partial charge in [0.25, 0.3) is 0 Å². The fourth-order valence-electron chi connectivity index (χ4n) is 3.59. The second-order valence-corrected chi connectivity index (χ2v) is 7.57. The Labute approximate surface area is 187 Å². The van der Waals surface area contributed by atoms with Crippen molar-refractivity contribution >= 4 is 17.7 Å². The molecule has 166 valence electrons. The summed E-state index contributed by atoms with van der Waals surface area (Å²) in [6.45, 7) is 0.762. The van der Waals surface area contributed by atoms with Crippen LogP contribution in [-0.4, -0.2) is 41.9 Å². The monoisotopic (exact) mass is 433 g/mol. The first-order valence-electron chi connectivity index (χ1n) is 10.7. The van der Waals surface area contributed by atoms with Crippen molar-refractivity contribution in [2.45, 2.75) is 37.8 Å². The van der Waals surface area contributed by atoms with Crippen LogP contribution in [0.4, 0.5) is 0 Å². The van der Waals surface area contributed by atoms with Gasteiger partial charge in [-0.25, -0.2) is 5.43 Å². The Kier molecular flexibility index (Phi) is 8.35. The van der Waals surface area contributed by atoms with E-state index >= 15 is 0 Å². The predicted molar refractivity (Wildman–Crippen MR) is 119 cm³/mol. The number of nitrogens with zero attached hydrogens (tertiary/aromatic N) is 2. The van der Waals surface area contributed by atoms with Crippen molar-refractivity contribution < 1.29 is 14.4 Å². The van der Waals surface area contributed by atoms with E-state index in [2.05, 4.69) is 22.1 Å². The van der Waals surface area contributed by atoms with Crippen LogP contribution >= 0.6 is 0 Å². The Morgan fingerprint density at radius 1 is 1.09 bits per heavy atom. The highest BCUT2D eigenvalue weighted by Crippen LogP contribution is 2.16. The van der Waals surface area contributed by atoms with E-state index in [0.717, 1.165) is 12.0 Å². The highest BCUT2D eigenvalue weighted by Gasteiger charge is 2.33. The molecule has 0 saturated carbocycles. The smallest absolute Gasteiger partial charge is 0.245 e. The van der Waals surface area contributed by atoms with Crippen molar-refractivity contribution in [1.29, 1.82) is 5.26 Å². The van der Waals surface area contributed by atoms with E-state index in [1.165, 1.54) is 5.01 Å². The van der Waals surface area contributed by atoms with Gasteiger partial charge in [0.1, 0.15) is 12.1 Å². The van der Waals surface area contributed by atoms with E-state index in [1.807, 2.05) is 36.4 Å². The number of carbonyl (C=O) groups excluding carboxylic acids is 3. The van der Waals surface area contributed by atoms with E-state index in [9.17, 15) is 19.6 Å². The molecule has 1 aliphatic heterocycles. The van der Waals surface area contributed by atoms with Gasteiger partial charge in [-0.3, -0.25) is 19.4 Å². The van der Waals surface area contributed by atoms with Gasteiger partial charge in [-0.1, -0.05) is 60.7 Å². The molecule has 32 heavy (non-hydrogen) atoms. The zero-order valence-corrected chi connectivity index (χ0v) is 17.8. The minimum atomic E-state index is -0.792. The molecule has 2 aromatic carbocycles. The second-order valence-electron chi connectivity index (χ2n) is 7.57. The highest BCUT2D eigenvalue weighted by atomic mass is 16.2. The van der Waals surface area contributed by atoms with Crippen LogP contribution in [-0.2, 0) is 20.8 Å². The number of amides is 3. The third-order valence-corrected chi connectivity index (χ3v) is 5.24. The fraction of sp³-hybridized carbons (Fsp3) is 0.333. The number of hydrogen-bond donors (Lipinski definition) is 3. The molecule has 3 amide bonds. The molecule has 2 unspecified atom stereocenters. The molecule has 2 aromatic rings. The first-order chi connectivity index (χ1) is 15.6. The number of rotatable bonds is 8. The largest absolute Gasteiger partial charge is 0.355 e. The normalized spacial score (nSPS) is 16.5. The molecule has 1 saturated heterocycles. The lowest BCUT2D eigenvalue weighted by Crippen LogP contribution is -2.59. The maximum Gasteiger partial charge on any atom is 0.245 e. The second kappa shape index (κ2) is 11.6. The zero-order chi connectivity index (χ0) is 22.8. The summed E-state index contributed by atoms with van der Waals surface area (Å²) in [4.78, 5) is 37.7. The van der Waals surface area contributed by atoms with E-state index in [0.29, 0.717) is 18.5 Å². The van der Waals surface area contributed by atoms with Crippen LogP contribution in [0.5, 0.6) is 0 Å². The van der Waals surface area contributed by atoms with E-state index in [1.54, 1.807) is 24.3 Å². The van der Waals surface area contributed by atoms with Gasteiger partial charge in [0.05, 0.1) is 12.5 Å². The SMILES string of the molecule is N#CC(NC(=O)C1CCCNN1C(=O)CCNC(=O)Cc1ccccc1)c1ccccc1. The summed E-state index contributed by atoms with van der Waals surface area (Å²) in [6.07, 6.45) is 1.55. The van der Waals surface area contributed by atoms with E-state index < -0.39 is 12.1 Å². The average molecular weight is 434 g/mol. The van der Waals surface area contributed by atoms with Crippen LogP contribution in [0.25, 0.3) is 0 Å². The predicted octanol–water partition coefficient (Wildman–Crippen LogP) is 1.61. The minimum Gasteiger partial charge on any atom is -0.355 e. The molecule has 0 spiro atoms. The van der Waals surface area contributed by atoms with Crippen molar-refractivity contribution in [3.05, 3.63) is 71.8 Å². The number of benzene rings is 2. The molecule has 1 aliphatic rings. The molecule has 1 heterocycles. The summed E-state index contributed by atoms with van der Waals surface area (Å²) in [5, 5.41) is 16.3. The van der Waals surface area contributed by atoms with Gasteiger partial charge in [0.2, 0.25) is 17.7 Å². The summed E-state index contributed by atoms with van der Waals surface area (Å²) in [5.74, 6) is -0.822. The average Bonchev–Trinajstić information content (AvgIpc) is 2.83. The summed E-state index contributed by atoms with van der Waals surface area (Å²) in [5.41, 5.74) is 4.57. The molecular weight excluding hydrogens is 406 g/mol. The standard InChI is InChI=1S/C24H27N5O3/c25-17-20(19-10-5-2-6-11-19)28-24(32)21-12-7-14-27-29(21)23(31)13-15-26-22(30)16-18-8-3-1-4-9-18/h1-6,8-11,20-21,27H,7,12-16H2,(H,26,30)(H,28,32). The Morgan fingerprint density at radius 2 is 1.78 bits per heavy atom. The third-order valence-electron chi connectivity index (χ3n) is 5.24. The van der Waals surface area contributed by atoms with Crippen LogP contribution in [0.1, 0.15) is 36.4 Å². The van der Waals surface area contributed by atoms with Gasteiger partial charge in [0.15, 0.2) is 0 Å². The number of carbonyl (C=O) groups is 3. The van der Waals surface area contributed by atoms with Crippen molar-refractivity contribution in [2.24, 2.45) is 0 Å². The Morgan fingerprint density at radius 3 is 2.47 bits per heavy atom. The molecule has 1 fully saturated rings. The number of hydrogen-bond acceptors (Lipinski definition) is 5. The molecular formula is C24H27N5O3.